The van der Waals surface area contributed by atoms with Gasteiger partial charge >= 0.3 is 0 Å². The Kier molecular flexibility index (Phi) is 4.41. The summed E-state index contributed by atoms with van der Waals surface area (Å²) in [6.45, 7) is 1.74. The molecule has 112 valence electrons. The van der Waals surface area contributed by atoms with Crippen molar-refractivity contribution < 1.29 is 4.74 Å². The van der Waals surface area contributed by atoms with E-state index in [1.54, 1.807) is 7.11 Å². The minimum absolute atomic E-state index is 0.647. The molecule has 1 aliphatic rings. The van der Waals surface area contributed by atoms with E-state index in [0.717, 1.165) is 30.0 Å². The molecule has 1 fully saturated rings. The van der Waals surface area contributed by atoms with Gasteiger partial charge in [0.1, 0.15) is 5.75 Å². The number of hydrogen-bond donors (Lipinski definition) is 0. The van der Waals surface area contributed by atoms with Crippen LogP contribution in [-0.2, 0) is 13.1 Å². The fourth-order valence-corrected chi connectivity index (χ4v) is 2.71. The highest BCUT2D eigenvalue weighted by molar-refractivity contribution is 5.37. The van der Waals surface area contributed by atoms with Crippen molar-refractivity contribution in [3.8, 4) is 11.8 Å². The van der Waals surface area contributed by atoms with Crippen LogP contribution < -0.4 is 4.74 Å². The molecular formula is C19H20N2O. The van der Waals surface area contributed by atoms with Crippen molar-refractivity contribution in [2.75, 3.05) is 7.11 Å². The molecule has 2 aromatic rings. The molecule has 0 N–H and O–H groups in total. The Hall–Kier alpha value is -2.31. The Morgan fingerprint density at radius 2 is 1.82 bits per heavy atom. The summed E-state index contributed by atoms with van der Waals surface area (Å²) in [4.78, 5) is 2.47. The zero-order valence-electron chi connectivity index (χ0n) is 12.8. The van der Waals surface area contributed by atoms with Crippen molar-refractivity contribution >= 4 is 0 Å². The molecule has 0 aliphatic heterocycles. The van der Waals surface area contributed by atoms with Gasteiger partial charge < -0.3 is 4.74 Å². The minimum atomic E-state index is 0.647. The van der Waals surface area contributed by atoms with Crippen molar-refractivity contribution in [2.24, 2.45) is 0 Å². The topological polar surface area (TPSA) is 36.3 Å². The van der Waals surface area contributed by atoms with Crippen LogP contribution in [0, 0.1) is 11.3 Å². The maximum atomic E-state index is 9.25. The molecular weight excluding hydrogens is 272 g/mol. The number of rotatable bonds is 6. The van der Waals surface area contributed by atoms with Crippen LogP contribution >= 0.6 is 0 Å². The van der Waals surface area contributed by atoms with Gasteiger partial charge in [0.15, 0.2) is 0 Å². The normalized spacial score (nSPS) is 13.9. The number of methoxy groups -OCH3 is 1. The molecule has 3 nitrogen and oxygen atoms in total. The first-order chi connectivity index (χ1) is 10.8. The monoisotopic (exact) mass is 292 g/mol. The number of nitriles is 1. The second kappa shape index (κ2) is 6.64. The smallest absolute Gasteiger partial charge is 0.118 e. The Morgan fingerprint density at radius 1 is 1.09 bits per heavy atom. The standard InChI is InChI=1S/C19H20N2O/c1-22-19-10-6-15(7-11-19)13-21(18-8-9-18)14-17-5-3-2-4-16(17)12-20/h2-7,10-11,18H,8-9,13-14H2,1H3. The van der Waals surface area contributed by atoms with E-state index >= 15 is 0 Å². The fourth-order valence-electron chi connectivity index (χ4n) is 2.71. The molecule has 0 amide bonds. The molecule has 0 atom stereocenters. The molecule has 3 rings (SSSR count). The summed E-state index contributed by atoms with van der Waals surface area (Å²) in [5, 5.41) is 9.25. The lowest BCUT2D eigenvalue weighted by atomic mass is 10.1. The zero-order valence-corrected chi connectivity index (χ0v) is 12.8. The highest BCUT2D eigenvalue weighted by Crippen LogP contribution is 2.30. The van der Waals surface area contributed by atoms with Gasteiger partial charge in [-0.05, 0) is 42.2 Å². The van der Waals surface area contributed by atoms with E-state index in [4.69, 9.17) is 4.74 Å². The number of ether oxygens (including phenoxy) is 1. The van der Waals surface area contributed by atoms with Gasteiger partial charge in [0.2, 0.25) is 0 Å². The molecule has 0 aromatic heterocycles. The minimum Gasteiger partial charge on any atom is -0.497 e. The molecule has 0 heterocycles. The highest BCUT2D eigenvalue weighted by Gasteiger charge is 2.29. The van der Waals surface area contributed by atoms with Crippen molar-refractivity contribution in [1.82, 2.24) is 4.90 Å². The van der Waals surface area contributed by atoms with Gasteiger partial charge in [0.25, 0.3) is 0 Å². The molecule has 22 heavy (non-hydrogen) atoms. The van der Waals surface area contributed by atoms with Crippen LogP contribution in [0.4, 0.5) is 0 Å². The van der Waals surface area contributed by atoms with Crippen molar-refractivity contribution in [2.45, 2.75) is 32.0 Å². The third kappa shape index (κ3) is 3.47. The predicted octanol–water partition coefficient (Wildman–Crippen LogP) is 3.73. The Balaban J connectivity index is 1.74. The van der Waals surface area contributed by atoms with Crippen LogP contribution in [0.15, 0.2) is 48.5 Å². The average molecular weight is 292 g/mol. The summed E-state index contributed by atoms with van der Waals surface area (Å²) in [6.07, 6.45) is 2.51. The first kappa shape index (κ1) is 14.6. The van der Waals surface area contributed by atoms with Gasteiger partial charge in [-0.25, -0.2) is 0 Å². The van der Waals surface area contributed by atoms with Crippen LogP contribution in [0.2, 0.25) is 0 Å². The first-order valence-electron chi connectivity index (χ1n) is 7.65. The first-order valence-corrected chi connectivity index (χ1v) is 7.65. The molecule has 0 radical (unpaired) electrons. The van der Waals surface area contributed by atoms with Crippen LogP contribution in [-0.4, -0.2) is 18.1 Å². The third-order valence-corrected chi connectivity index (χ3v) is 4.12. The summed E-state index contributed by atoms with van der Waals surface area (Å²) in [6, 6.07) is 19.1. The van der Waals surface area contributed by atoms with Gasteiger partial charge in [-0.1, -0.05) is 30.3 Å². The van der Waals surface area contributed by atoms with E-state index in [-0.39, 0.29) is 0 Å². The summed E-state index contributed by atoms with van der Waals surface area (Å²) in [5.41, 5.74) is 3.18. The van der Waals surface area contributed by atoms with Crippen LogP contribution in [0.3, 0.4) is 0 Å². The molecule has 1 saturated carbocycles. The van der Waals surface area contributed by atoms with Crippen molar-refractivity contribution in [3.63, 3.8) is 0 Å². The molecule has 1 aliphatic carbocycles. The quantitative estimate of drug-likeness (QED) is 0.814. The Labute approximate surface area is 131 Å². The molecule has 3 heteroatoms. The largest absolute Gasteiger partial charge is 0.497 e. The lowest BCUT2D eigenvalue weighted by Crippen LogP contribution is -2.25. The van der Waals surface area contributed by atoms with E-state index in [0.29, 0.717) is 6.04 Å². The van der Waals surface area contributed by atoms with E-state index in [2.05, 4.69) is 29.2 Å². The summed E-state index contributed by atoms with van der Waals surface area (Å²) < 4.78 is 5.21. The molecule has 0 unspecified atom stereocenters. The van der Waals surface area contributed by atoms with E-state index < -0.39 is 0 Å². The molecule has 0 bridgehead atoms. The van der Waals surface area contributed by atoms with Crippen LogP contribution in [0.5, 0.6) is 5.75 Å². The number of hydrogen-bond acceptors (Lipinski definition) is 3. The summed E-state index contributed by atoms with van der Waals surface area (Å²) in [7, 11) is 1.68. The predicted molar refractivity (Wildman–Crippen MR) is 86.4 cm³/mol. The van der Waals surface area contributed by atoms with Crippen LogP contribution in [0.1, 0.15) is 29.5 Å². The fraction of sp³-hybridized carbons (Fsp3) is 0.316. The lowest BCUT2D eigenvalue weighted by Gasteiger charge is -2.23. The van der Waals surface area contributed by atoms with E-state index in [9.17, 15) is 5.26 Å². The van der Waals surface area contributed by atoms with E-state index in [1.807, 2.05) is 30.3 Å². The number of nitrogens with zero attached hydrogens (tertiary/aromatic N) is 2. The van der Waals surface area contributed by atoms with E-state index in [1.165, 1.54) is 18.4 Å². The van der Waals surface area contributed by atoms with Gasteiger partial charge in [0, 0.05) is 19.1 Å². The van der Waals surface area contributed by atoms with Gasteiger partial charge in [-0.3, -0.25) is 4.90 Å². The average Bonchev–Trinajstić information content (AvgIpc) is 3.40. The highest BCUT2D eigenvalue weighted by atomic mass is 16.5. The summed E-state index contributed by atoms with van der Waals surface area (Å²) in [5.74, 6) is 0.886. The van der Waals surface area contributed by atoms with Crippen molar-refractivity contribution in [1.29, 1.82) is 5.26 Å². The SMILES string of the molecule is COc1ccc(CN(Cc2ccccc2C#N)C2CC2)cc1. The maximum absolute atomic E-state index is 9.25. The third-order valence-electron chi connectivity index (χ3n) is 4.12. The maximum Gasteiger partial charge on any atom is 0.118 e. The van der Waals surface area contributed by atoms with Gasteiger partial charge in [0.05, 0.1) is 18.7 Å². The number of benzene rings is 2. The second-order valence-corrected chi connectivity index (χ2v) is 5.75. The van der Waals surface area contributed by atoms with Crippen molar-refractivity contribution in [3.05, 3.63) is 65.2 Å². The van der Waals surface area contributed by atoms with Gasteiger partial charge in [-0.15, -0.1) is 0 Å². The summed E-state index contributed by atoms with van der Waals surface area (Å²) >= 11 is 0. The Morgan fingerprint density at radius 3 is 2.45 bits per heavy atom. The molecule has 0 spiro atoms. The zero-order chi connectivity index (χ0) is 15.4. The lowest BCUT2D eigenvalue weighted by molar-refractivity contribution is 0.245. The van der Waals surface area contributed by atoms with Gasteiger partial charge in [-0.2, -0.15) is 5.26 Å². The molecule has 0 saturated heterocycles. The Bertz CT molecular complexity index is 669. The molecule has 2 aromatic carbocycles. The van der Waals surface area contributed by atoms with Crippen LogP contribution in [0.25, 0.3) is 0 Å². The second-order valence-electron chi connectivity index (χ2n) is 5.75.